The summed E-state index contributed by atoms with van der Waals surface area (Å²) < 4.78 is 0. The van der Waals surface area contributed by atoms with Crippen LogP contribution in [-0.2, 0) is 57.5 Å². The third-order valence-electron chi connectivity index (χ3n) is 12.4. The van der Waals surface area contributed by atoms with Crippen molar-refractivity contribution >= 4 is 71.1 Å². The molecule has 8 amide bonds. The molecule has 86 heavy (non-hydrogen) atoms. The van der Waals surface area contributed by atoms with Crippen molar-refractivity contribution in [1.82, 2.24) is 42.5 Å². The number of carboxylic acid groups (broad SMARTS) is 4. The molecule has 37 nitrogen and oxygen atoms in total. The van der Waals surface area contributed by atoms with Crippen LogP contribution in [0.15, 0.2) is 0 Å². The number of carbonyl (C=O) groups excluding carboxylic acids is 8. The van der Waals surface area contributed by atoms with Gasteiger partial charge in [0.25, 0.3) is 0 Å². The van der Waals surface area contributed by atoms with E-state index in [2.05, 4.69) is 42.5 Å². The van der Waals surface area contributed by atoms with E-state index in [4.69, 9.17) is 40.9 Å². The third kappa shape index (κ3) is 34.9. The van der Waals surface area contributed by atoms with E-state index in [1.54, 1.807) is 27.7 Å². The molecule has 0 aliphatic heterocycles. The number of aliphatic hydroxyl groups is 13. The van der Waals surface area contributed by atoms with Crippen LogP contribution in [0.4, 0.5) is 0 Å². The lowest BCUT2D eigenvalue weighted by molar-refractivity contribution is -0.163. The van der Waals surface area contributed by atoms with Crippen LogP contribution < -0.4 is 42.5 Å². The second kappa shape index (κ2) is 46.4. The van der Waals surface area contributed by atoms with E-state index in [0.717, 1.165) is 0 Å². The van der Waals surface area contributed by atoms with E-state index in [0.29, 0.717) is 25.7 Å². The molecule has 17 atom stereocenters. The van der Waals surface area contributed by atoms with Crippen LogP contribution in [0.1, 0.15) is 79.1 Å². The molecule has 0 rings (SSSR count). The average molecular weight is 1260 g/mol. The average Bonchev–Trinajstić information content (AvgIpc) is 3.68. The molecule has 0 aromatic rings. The fourth-order valence-corrected chi connectivity index (χ4v) is 6.69. The minimum Gasteiger partial charge on any atom is -0.479 e. The van der Waals surface area contributed by atoms with Crippen molar-refractivity contribution < 1.29 is 144 Å². The summed E-state index contributed by atoms with van der Waals surface area (Å²) >= 11 is 0. The van der Waals surface area contributed by atoms with Gasteiger partial charge in [-0.25, -0.2) is 19.2 Å². The lowest BCUT2D eigenvalue weighted by Gasteiger charge is -2.25. The predicted molar refractivity (Wildman–Crippen MR) is 291 cm³/mol. The summed E-state index contributed by atoms with van der Waals surface area (Å²) in [6.07, 6.45) is -24.4. The highest BCUT2D eigenvalue weighted by Crippen LogP contribution is 2.13. The highest BCUT2D eigenvalue weighted by molar-refractivity contribution is 5.88. The molecule has 0 saturated heterocycles. The minimum absolute atomic E-state index is 0.0253. The smallest absolute Gasteiger partial charge is 0.335 e. The van der Waals surface area contributed by atoms with Crippen LogP contribution in [0.25, 0.3) is 0 Å². The summed E-state index contributed by atoms with van der Waals surface area (Å²) in [5, 5.41) is 174. The van der Waals surface area contributed by atoms with Gasteiger partial charge in [-0.2, -0.15) is 0 Å². The number of nitrogens with one attached hydrogen (secondary N) is 8. The second-order valence-electron chi connectivity index (χ2n) is 18.8. The van der Waals surface area contributed by atoms with Gasteiger partial charge in [0.1, 0.15) is 36.6 Å². The normalized spacial score (nSPS) is 16.7. The Morgan fingerprint density at radius 1 is 0.291 bits per heavy atom. The lowest BCUT2D eigenvalue weighted by Crippen LogP contribution is -2.51. The van der Waals surface area contributed by atoms with Gasteiger partial charge >= 0.3 is 23.9 Å². The Labute approximate surface area is 493 Å². The first-order valence-electron chi connectivity index (χ1n) is 26.6. The highest BCUT2D eigenvalue weighted by atomic mass is 16.4. The van der Waals surface area contributed by atoms with Gasteiger partial charge in [0.15, 0.2) is 24.4 Å². The van der Waals surface area contributed by atoms with E-state index in [1.807, 2.05) is 0 Å². The number of hydrogen-bond donors (Lipinski definition) is 25. The fraction of sp³-hybridized carbons (Fsp3) is 0.755. The molecule has 0 aliphatic carbocycles. The van der Waals surface area contributed by atoms with Gasteiger partial charge in [-0.05, 0) is 25.7 Å². The molecule has 0 spiro atoms. The van der Waals surface area contributed by atoms with Crippen molar-refractivity contribution in [2.45, 2.75) is 158 Å². The monoisotopic (exact) mass is 1250 g/mol. The quantitative estimate of drug-likeness (QED) is 0.0275. The lowest BCUT2D eigenvalue weighted by atomic mass is 10.0. The zero-order chi connectivity index (χ0) is 67.9. The molecule has 0 aromatic heterocycles. The maximum atomic E-state index is 11.7. The molecular weight excluding hydrogens is 1160 g/mol. The third-order valence-corrected chi connectivity index (χ3v) is 12.4. The zero-order valence-corrected chi connectivity index (χ0v) is 48.8. The van der Waals surface area contributed by atoms with E-state index in [-0.39, 0.29) is 55.9 Å². The molecule has 0 aliphatic rings. The fourth-order valence-electron chi connectivity index (χ4n) is 6.69. The summed E-state index contributed by atoms with van der Waals surface area (Å²) in [6.45, 7) is 5.17. The van der Waals surface area contributed by atoms with Crippen molar-refractivity contribution in [2.75, 3.05) is 54.4 Å². The van der Waals surface area contributed by atoms with Gasteiger partial charge in [-0.15, -0.1) is 0 Å². The van der Waals surface area contributed by atoms with Crippen molar-refractivity contribution in [3.63, 3.8) is 0 Å². The van der Waals surface area contributed by atoms with E-state index < -0.39 is 170 Å². The number of rotatable bonds is 37. The molecule has 0 saturated carbocycles. The first-order chi connectivity index (χ1) is 39.9. The number of amides is 8. The Hall–Kier alpha value is -6.88. The standard InChI is InChI=1S/3C13H24N2O8.C10H18N2O5/c3*1-3-6(12(21)14-2)4-8(17)15-5-7(16)9(18)10(19)11(20)13(22)23;1-3-6(9(15)11-2)4-8(14)12-5-7(13)10(16)17/h3*6-7,9-11,16,18-20H,3-5H2,1-2H3,(H,14,21)(H,15,17)(H,22,23);6-7,13H,3-5H2,1-2H3,(H,11,15)(H,12,14)(H,16,17)/t6-,7+,9-,10+,11+;6-,7-,9+,10-,11-;;/m10../s1. The molecule has 37 heteroatoms. The van der Waals surface area contributed by atoms with Crippen molar-refractivity contribution in [3.8, 4) is 0 Å². The van der Waals surface area contributed by atoms with Crippen molar-refractivity contribution in [3.05, 3.63) is 0 Å². The molecule has 0 radical (unpaired) electrons. The van der Waals surface area contributed by atoms with Gasteiger partial charge in [-0.3, -0.25) is 38.4 Å². The first-order valence-corrected chi connectivity index (χ1v) is 26.6. The Morgan fingerprint density at radius 2 is 0.477 bits per heavy atom. The second-order valence-corrected chi connectivity index (χ2v) is 18.8. The van der Waals surface area contributed by atoms with Crippen LogP contribution in [-0.4, -0.2) is 292 Å². The SMILES string of the molecule is CCC(CC(=O)NCC(O)C(=O)O)C(=O)NC.CCC(CC(=O)NCC(O)C(O)C(O)C(O)C(=O)O)C(=O)NC.CC[C@@H](CC(=O)NC[C@H](O)[C@@H](O)[C@H](O)[C@H](O)C(=O)O)C(=O)NC.CC[C@H](CC(=O)NC[C@H](O)[C@@H](O)[C@H](O)[C@H](O)C(=O)O)C(=O)NC. The first kappa shape index (κ1) is 85.6. The van der Waals surface area contributed by atoms with Crippen LogP contribution in [0.2, 0.25) is 0 Å². The van der Waals surface area contributed by atoms with Crippen LogP contribution >= 0.6 is 0 Å². The molecule has 0 fully saturated rings. The Morgan fingerprint density at radius 3 is 0.628 bits per heavy atom. The Kier molecular flexibility index (Phi) is 46.1. The number of carbonyl (C=O) groups is 12. The predicted octanol–water partition coefficient (Wildman–Crippen LogP) is -10.9. The van der Waals surface area contributed by atoms with Gasteiger partial charge < -0.3 is 129 Å². The van der Waals surface area contributed by atoms with Crippen molar-refractivity contribution in [1.29, 1.82) is 0 Å². The molecule has 7 unspecified atom stereocenters. The maximum Gasteiger partial charge on any atom is 0.335 e. The number of aliphatic carboxylic acids is 4. The molecule has 0 heterocycles. The van der Waals surface area contributed by atoms with E-state index in [9.17, 15) is 103 Å². The topological polar surface area (TPSA) is 645 Å². The summed E-state index contributed by atoms with van der Waals surface area (Å²) in [7, 11) is 5.81. The van der Waals surface area contributed by atoms with Crippen LogP contribution in [0, 0.1) is 23.7 Å². The van der Waals surface area contributed by atoms with Crippen LogP contribution in [0.5, 0.6) is 0 Å². The molecule has 500 valence electrons. The summed E-state index contributed by atoms with van der Waals surface area (Å²) in [4.78, 5) is 134. The molecule has 0 aromatic carbocycles. The number of hydrogen-bond acceptors (Lipinski definition) is 25. The van der Waals surface area contributed by atoms with Crippen LogP contribution in [0.3, 0.4) is 0 Å². The maximum absolute atomic E-state index is 11.7. The molecular formula is C49H90N8O29. The van der Waals surface area contributed by atoms with Gasteiger partial charge in [0.2, 0.25) is 47.3 Å². The molecule has 0 bridgehead atoms. The largest absolute Gasteiger partial charge is 0.479 e. The van der Waals surface area contributed by atoms with Crippen molar-refractivity contribution in [2.24, 2.45) is 23.7 Å². The number of aliphatic hydroxyl groups excluding tert-OH is 13. The van der Waals surface area contributed by atoms with Gasteiger partial charge in [0, 0.05) is 97.2 Å². The number of carboxylic acids is 4. The van der Waals surface area contributed by atoms with Gasteiger partial charge in [-0.1, -0.05) is 27.7 Å². The minimum atomic E-state index is -2.27. The van der Waals surface area contributed by atoms with E-state index >= 15 is 0 Å². The summed E-state index contributed by atoms with van der Waals surface area (Å²) in [5.41, 5.74) is 0. The highest BCUT2D eigenvalue weighted by Gasteiger charge is 2.37. The molecule has 25 N–H and O–H groups in total. The summed E-state index contributed by atoms with van der Waals surface area (Å²) in [5.74, 6) is -12.0. The van der Waals surface area contributed by atoms with Gasteiger partial charge in [0.05, 0.1) is 24.9 Å². The zero-order valence-electron chi connectivity index (χ0n) is 48.8. The Bertz CT molecular complexity index is 1930. The van der Waals surface area contributed by atoms with E-state index in [1.165, 1.54) is 28.2 Å². The Balaban J connectivity index is -0.000000525. The summed E-state index contributed by atoms with van der Waals surface area (Å²) in [6, 6.07) is 0.